The first-order valence-corrected chi connectivity index (χ1v) is 8.14. The fourth-order valence-electron chi connectivity index (χ4n) is 1.88. The van der Waals surface area contributed by atoms with E-state index >= 15 is 0 Å². The van der Waals surface area contributed by atoms with Gasteiger partial charge in [-0.15, -0.1) is 11.8 Å². The van der Waals surface area contributed by atoms with Crippen molar-refractivity contribution < 1.29 is 14.7 Å². The molecule has 0 fully saturated rings. The van der Waals surface area contributed by atoms with E-state index in [-0.39, 0.29) is 11.2 Å². The highest BCUT2D eigenvalue weighted by molar-refractivity contribution is 7.99. The normalized spacial score (nSPS) is 12.3. The van der Waals surface area contributed by atoms with Crippen molar-refractivity contribution in [2.75, 3.05) is 12.3 Å². The van der Waals surface area contributed by atoms with E-state index in [1.807, 2.05) is 0 Å². The van der Waals surface area contributed by atoms with E-state index < -0.39 is 23.9 Å². The van der Waals surface area contributed by atoms with Gasteiger partial charge >= 0.3 is 5.97 Å². The summed E-state index contributed by atoms with van der Waals surface area (Å²) < 4.78 is 1.56. The number of aromatic amines is 1. The molecule has 2 aromatic heterocycles. The largest absolute Gasteiger partial charge is 0.480 e. The zero-order chi connectivity index (χ0) is 17.0. The number of carbonyl (C=O) groups is 2. The Bertz CT molecular complexity index is 783. The van der Waals surface area contributed by atoms with Crippen LogP contribution in [0.4, 0.5) is 0 Å². The third kappa shape index (κ3) is 3.92. The number of amides is 1. The standard InChI is InChI=1S/C14H18N4O4S/c1-3-8(2)6-23-10-4-9(19)12(13-16-7-17-18(10)13)14(22)15-5-11(20)21/h4,7-8H,3,5-6H2,1-2H3,(H,15,22)(H,16,17)(H,20,21). The van der Waals surface area contributed by atoms with Crippen LogP contribution < -0.4 is 10.7 Å². The highest BCUT2D eigenvalue weighted by atomic mass is 32.2. The van der Waals surface area contributed by atoms with Crippen LogP contribution in [0.1, 0.15) is 30.6 Å². The maximum Gasteiger partial charge on any atom is 0.322 e. The van der Waals surface area contributed by atoms with E-state index in [0.29, 0.717) is 10.9 Å². The van der Waals surface area contributed by atoms with Crippen molar-refractivity contribution in [2.45, 2.75) is 25.3 Å². The number of nitrogens with one attached hydrogen (secondary N) is 2. The maximum absolute atomic E-state index is 12.3. The van der Waals surface area contributed by atoms with Crippen molar-refractivity contribution in [3.63, 3.8) is 0 Å². The number of thioether (sulfide) groups is 1. The number of rotatable bonds is 7. The van der Waals surface area contributed by atoms with E-state index in [1.165, 1.54) is 24.2 Å². The van der Waals surface area contributed by atoms with Gasteiger partial charge in [0, 0.05) is 11.8 Å². The number of nitrogens with zero attached hydrogens (tertiary/aromatic N) is 2. The van der Waals surface area contributed by atoms with Crippen molar-refractivity contribution in [3.8, 4) is 0 Å². The molecule has 0 saturated heterocycles. The Balaban J connectivity index is 2.36. The number of fused-ring (bicyclic) bond motifs is 1. The molecule has 0 bridgehead atoms. The van der Waals surface area contributed by atoms with E-state index in [4.69, 9.17) is 5.11 Å². The van der Waals surface area contributed by atoms with Crippen molar-refractivity contribution in [1.82, 2.24) is 19.9 Å². The van der Waals surface area contributed by atoms with E-state index in [0.717, 1.165) is 12.2 Å². The lowest BCUT2D eigenvalue weighted by molar-refractivity contribution is -0.135. The fourth-order valence-corrected chi connectivity index (χ4v) is 3.03. The van der Waals surface area contributed by atoms with Crippen molar-refractivity contribution in [3.05, 3.63) is 28.2 Å². The molecule has 0 saturated carbocycles. The molecule has 0 aliphatic carbocycles. The molecule has 1 unspecified atom stereocenters. The van der Waals surface area contributed by atoms with Gasteiger partial charge in [-0.2, -0.15) is 0 Å². The van der Waals surface area contributed by atoms with Gasteiger partial charge in [-0.25, -0.2) is 9.50 Å². The second-order valence-corrected chi connectivity index (χ2v) is 6.21. The third-order valence-electron chi connectivity index (χ3n) is 3.37. The van der Waals surface area contributed by atoms with Crippen LogP contribution in [0.25, 0.3) is 5.65 Å². The molecule has 0 radical (unpaired) electrons. The Morgan fingerprint density at radius 1 is 1.52 bits per heavy atom. The number of aliphatic carboxylic acids is 1. The van der Waals surface area contributed by atoms with Gasteiger partial charge in [-0.05, 0) is 5.92 Å². The summed E-state index contributed by atoms with van der Waals surface area (Å²) in [6, 6.07) is 1.37. The molecular formula is C14H18N4O4S. The molecular weight excluding hydrogens is 320 g/mol. The van der Waals surface area contributed by atoms with Gasteiger partial charge in [0.2, 0.25) is 0 Å². The van der Waals surface area contributed by atoms with Crippen LogP contribution in [0.3, 0.4) is 0 Å². The zero-order valence-electron chi connectivity index (χ0n) is 12.8. The Kier molecular flexibility index (Phi) is 5.43. The monoisotopic (exact) mass is 338 g/mol. The SMILES string of the molecule is CCC(C)CSc1cc(=O)c(C(=O)NCC(=O)O)c2nc[nH]n12. The molecule has 0 aromatic carbocycles. The first-order chi connectivity index (χ1) is 10.9. The Morgan fingerprint density at radius 2 is 2.26 bits per heavy atom. The third-order valence-corrected chi connectivity index (χ3v) is 4.70. The molecule has 0 aliphatic heterocycles. The zero-order valence-corrected chi connectivity index (χ0v) is 13.6. The summed E-state index contributed by atoms with van der Waals surface area (Å²) in [5.74, 6) is -0.605. The first kappa shape index (κ1) is 17.1. The fraction of sp³-hybridized carbons (Fsp3) is 0.429. The molecule has 2 rings (SSSR count). The van der Waals surface area contributed by atoms with Crippen molar-refractivity contribution in [1.29, 1.82) is 0 Å². The number of hydrogen-bond acceptors (Lipinski definition) is 5. The molecule has 2 heterocycles. The van der Waals surface area contributed by atoms with Crippen LogP contribution in [-0.4, -0.2) is 43.9 Å². The molecule has 8 nitrogen and oxygen atoms in total. The highest BCUT2D eigenvalue weighted by Gasteiger charge is 2.19. The van der Waals surface area contributed by atoms with Gasteiger partial charge < -0.3 is 10.4 Å². The summed E-state index contributed by atoms with van der Waals surface area (Å²) in [5.41, 5.74) is -0.459. The Labute approximate surface area is 136 Å². The minimum atomic E-state index is -1.18. The van der Waals surface area contributed by atoms with E-state index in [1.54, 1.807) is 4.52 Å². The lowest BCUT2D eigenvalue weighted by atomic mass is 10.2. The van der Waals surface area contributed by atoms with Gasteiger partial charge in [-0.1, -0.05) is 20.3 Å². The number of carbonyl (C=O) groups excluding carboxylic acids is 1. The number of carboxylic acid groups (broad SMARTS) is 1. The van der Waals surface area contributed by atoms with Crippen LogP contribution in [0.2, 0.25) is 0 Å². The summed E-state index contributed by atoms with van der Waals surface area (Å²) in [6.45, 7) is 3.66. The summed E-state index contributed by atoms with van der Waals surface area (Å²) in [5, 5.41) is 14.3. The van der Waals surface area contributed by atoms with Gasteiger partial charge in [0.25, 0.3) is 5.91 Å². The lowest BCUT2D eigenvalue weighted by Crippen LogP contribution is -2.33. The van der Waals surface area contributed by atoms with Gasteiger partial charge in [-0.3, -0.25) is 19.5 Å². The molecule has 9 heteroatoms. The second kappa shape index (κ2) is 7.32. The van der Waals surface area contributed by atoms with Crippen molar-refractivity contribution >= 4 is 29.3 Å². The molecule has 1 amide bonds. The molecule has 0 aliphatic rings. The molecule has 2 aromatic rings. The smallest absolute Gasteiger partial charge is 0.322 e. The number of pyridine rings is 1. The highest BCUT2D eigenvalue weighted by Crippen LogP contribution is 2.22. The van der Waals surface area contributed by atoms with Crippen LogP contribution in [-0.2, 0) is 4.79 Å². The van der Waals surface area contributed by atoms with Crippen LogP contribution in [0.15, 0.2) is 22.2 Å². The minimum absolute atomic E-state index is 0.166. The Morgan fingerprint density at radius 3 is 2.91 bits per heavy atom. The molecule has 0 spiro atoms. The number of carboxylic acids is 1. The molecule has 1 atom stereocenters. The number of hydrogen-bond donors (Lipinski definition) is 3. The predicted octanol–water partition coefficient (Wildman–Crippen LogP) is 0.975. The van der Waals surface area contributed by atoms with Crippen LogP contribution in [0.5, 0.6) is 0 Å². The number of H-pyrrole nitrogens is 1. The topological polar surface area (TPSA) is 117 Å². The number of aromatic nitrogens is 3. The Hall–Kier alpha value is -2.29. The van der Waals surface area contributed by atoms with Crippen LogP contribution >= 0.6 is 11.8 Å². The summed E-state index contributed by atoms with van der Waals surface area (Å²) in [4.78, 5) is 38.9. The quantitative estimate of drug-likeness (QED) is 0.648. The summed E-state index contributed by atoms with van der Waals surface area (Å²) >= 11 is 1.51. The average molecular weight is 338 g/mol. The maximum atomic E-state index is 12.3. The molecule has 3 N–H and O–H groups in total. The second-order valence-electron chi connectivity index (χ2n) is 5.17. The first-order valence-electron chi connectivity index (χ1n) is 7.16. The van der Waals surface area contributed by atoms with Gasteiger partial charge in [0.1, 0.15) is 23.5 Å². The lowest BCUT2D eigenvalue weighted by Gasteiger charge is -2.10. The van der Waals surface area contributed by atoms with Gasteiger partial charge in [0.15, 0.2) is 11.1 Å². The van der Waals surface area contributed by atoms with Crippen molar-refractivity contribution in [2.24, 2.45) is 5.92 Å². The van der Waals surface area contributed by atoms with E-state index in [9.17, 15) is 14.4 Å². The van der Waals surface area contributed by atoms with Crippen LogP contribution in [0, 0.1) is 5.92 Å². The molecule has 23 heavy (non-hydrogen) atoms. The summed E-state index contributed by atoms with van der Waals surface area (Å²) in [7, 11) is 0. The summed E-state index contributed by atoms with van der Waals surface area (Å²) in [6.07, 6.45) is 2.42. The minimum Gasteiger partial charge on any atom is -0.480 e. The average Bonchev–Trinajstić information content (AvgIpc) is 2.99. The van der Waals surface area contributed by atoms with Gasteiger partial charge in [0.05, 0.1) is 0 Å². The molecule has 124 valence electrons. The predicted molar refractivity (Wildman–Crippen MR) is 86.0 cm³/mol. The van der Waals surface area contributed by atoms with E-state index in [2.05, 4.69) is 29.2 Å².